The van der Waals surface area contributed by atoms with E-state index in [9.17, 15) is 9.90 Å². The highest BCUT2D eigenvalue weighted by molar-refractivity contribution is 14.1. The standard InChI is InChI=1S/C9H5ClINO2/c1-4(13)5-2-7(10)6(3-12)8(11)9(5)14/h2,14H,1H3. The summed E-state index contributed by atoms with van der Waals surface area (Å²) in [7, 11) is 0. The van der Waals surface area contributed by atoms with Crippen LogP contribution in [0.15, 0.2) is 6.07 Å². The molecule has 0 aromatic heterocycles. The van der Waals surface area contributed by atoms with Crippen molar-refractivity contribution in [1.29, 1.82) is 5.26 Å². The van der Waals surface area contributed by atoms with Crippen molar-refractivity contribution in [2.75, 3.05) is 0 Å². The van der Waals surface area contributed by atoms with E-state index in [1.54, 1.807) is 22.6 Å². The molecule has 0 fully saturated rings. The quantitative estimate of drug-likeness (QED) is 0.639. The minimum atomic E-state index is -0.285. The Labute approximate surface area is 99.4 Å². The molecule has 0 aliphatic rings. The van der Waals surface area contributed by atoms with Gasteiger partial charge in [0.1, 0.15) is 11.8 Å². The summed E-state index contributed by atoms with van der Waals surface area (Å²) in [6.07, 6.45) is 0. The van der Waals surface area contributed by atoms with Crippen LogP contribution in [-0.2, 0) is 0 Å². The van der Waals surface area contributed by atoms with Gasteiger partial charge in [0.25, 0.3) is 0 Å². The number of aromatic hydroxyl groups is 1. The van der Waals surface area contributed by atoms with Crippen LogP contribution in [0.1, 0.15) is 22.8 Å². The van der Waals surface area contributed by atoms with E-state index in [0.29, 0.717) is 3.57 Å². The van der Waals surface area contributed by atoms with Crippen molar-refractivity contribution in [3.05, 3.63) is 25.8 Å². The minimum absolute atomic E-state index is 0.137. The van der Waals surface area contributed by atoms with Crippen molar-refractivity contribution >= 4 is 40.0 Å². The lowest BCUT2D eigenvalue weighted by atomic mass is 10.1. The van der Waals surface area contributed by atoms with E-state index in [0.717, 1.165) is 0 Å². The molecule has 1 aromatic carbocycles. The van der Waals surface area contributed by atoms with Crippen LogP contribution in [-0.4, -0.2) is 10.9 Å². The topological polar surface area (TPSA) is 61.1 Å². The summed E-state index contributed by atoms with van der Waals surface area (Å²) in [5.74, 6) is -0.467. The fourth-order valence-corrected chi connectivity index (χ4v) is 2.09. The Kier molecular flexibility index (Phi) is 3.34. The summed E-state index contributed by atoms with van der Waals surface area (Å²) in [6, 6.07) is 3.17. The summed E-state index contributed by atoms with van der Waals surface area (Å²) in [4.78, 5) is 11.1. The minimum Gasteiger partial charge on any atom is -0.506 e. The third kappa shape index (κ3) is 1.83. The Balaban J connectivity index is 3.58. The Morgan fingerprint density at radius 2 is 2.29 bits per heavy atom. The van der Waals surface area contributed by atoms with E-state index in [1.165, 1.54) is 13.0 Å². The highest BCUT2D eigenvalue weighted by atomic mass is 127. The molecule has 5 heteroatoms. The summed E-state index contributed by atoms with van der Waals surface area (Å²) < 4.78 is 0.308. The monoisotopic (exact) mass is 321 g/mol. The summed E-state index contributed by atoms with van der Waals surface area (Å²) in [5.41, 5.74) is 0.327. The number of halogens is 2. The van der Waals surface area contributed by atoms with Crippen LogP contribution < -0.4 is 0 Å². The van der Waals surface area contributed by atoms with Gasteiger partial charge in [-0.3, -0.25) is 4.79 Å². The molecule has 0 saturated heterocycles. The van der Waals surface area contributed by atoms with Gasteiger partial charge in [0.15, 0.2) is 5.78 Å². The van der Waals surface area contributed by atoms with E-state index in [1.807, 2.05) is 6.07 Å². The van der Waals surface area contributed by atoms with E-state index in [4.69, 9.17) is 16.9 Å². The second-order valence-corrected chi connectivity index (χ2v) is 4.10. The number of phenols is 1. The molecule has 1 rings (SSSR count). The molecule has 0 radical (unpaired) electrons. The molecule has 14 heavy (non-hydrogen) atoms. The number of nitriles is 1. The van der Waals surface area contributed by atoms with Crippen molar-refractivity contribution in [2.24, 2.45) is 0 Å². The second kappa shape index (κ2) is 4.15. The van der Waals surface area contributed by atoms with Crippen LogP contribution in [0.5, 0.6) is 5.75 Å². The van der Waals surface area contributed by atoms with Crippen LogP contribution in [0.3, 0.4) is 0 Å². The molecule has 0 atom stereocenters. The summed E-state index contributed by atoms with van der Waals surface area (Å²) in [6.45, 7) is 1.33. The maximum Gasteiger partial charge on any atom is 0.163 e. The first-order chi connectivity index (χ1) is 6.49. The molecule has 0 aliphatic carbocycles. The number of nitrogens with zero attached hydrogens (tertiary/aromatic N) is 1. The van der Waals surface area contributed by atoms with Gasteiger partial charge in [-0.25, -0.2) is 0 Å². The molecule has 1 N–H and O–H groups in total. The van der Waals surface area contributed by atoms with Crippen LogP contribution in [0, 0.1) is 14.9 Å². The number of ketones is 1. The predicted octanol–water partition coefficient (Wildman–Crippen LogP) is 2.72. The molecule has 0 bridgehead atoms. The number of hydrogen-bond donors (Lipinski definition) is 1. The van der Waals surface area contributed by atoms with E-state index in [-0.39, 0.29) is 27.7 Å². The van der Waals surface area contributed by atoms with E-state index < -0.39 is 0 Å². The molecule has 0 aliphatic heterocycles. The van der Waals surface area contributed by atoms with Gasteiger partial charge in [-0.1, -0.05) is 11.6 Å². The molecule has 0 amide bonds. The number of benzene rings is 1. The second-order valence-electron chi connectivity index (χ2n) is 2.61. The average Bonchev–Trinajstić information content (AvgIpc) is 2.12. The highest BCUT2D eigenvalue weighted by Crippen LogP contribution is 2.32. The first-order valence-electron chi connectivity index (χ1n) is 3.61. The molecule has 0 unspecified atom stereocenters. The first kappa shape index (κ1) is 11.3. The molecule has 72 valence electrons. The molecule has 0 spiro atoms. The molecular weight excluding hydrogens is 316 g/mol. The van der Waals surface area contributed by atoms with Gasteiger partial charge in [-0.15, -0.1) is 0 Å². The van der Waals surface area contributed by atoms with Gasteiger partial charge in [0.2, 0.25) is 0 Å². The number of Topliss-reactive ketones (excluding diaryl/α,β-unsaturated/α-hetero) is 1. The van der Waals surface area contributed by atoms with Crippen LogP contribution in [0.4, 0.5) is 0 Å². The predicted molar refractivity (Wildman–Crippen MR) is 60.6 cm³/mol. The molecule has 3 nitrogen and oxygen atoms in total. The van der Waals surface area contributed by atoms with Gasteiger partial charge in [0.05, 0.1) is 19.7 Å². The van der Waals surface area contributed by atoms with Gasteiger partial charge in [0, 0.05) is 0 Å². The Morgan fingerprint density at radius 1 is 1.71 bits per heavy atom. The van der Waals surface area contributed by atoms with Crippen molar-refractivity contribution in [3.8, 4) is 11.8 Å². The Hall–Kier alpha value is -0.800. The van der Waals surface area contributed by atoms with Gasteiger partial charge < -0.3 is 5.11 Å². The Morgan fingerprint density at radius 3 is 2.71 bits per heavy atom. The molecular formula is C9H5ClINO2. The fraction of sp³-hybridized carbons (Fsp3) is 0.111. The SMILES string of the molecule is CC(=O)c1cc(Cl)c(C#N)c(I)c1O. The first-order valence-corrected chi connectivity index (χ1v) is 5.06. The molecule has 0 saturated carbocycles. The zero-order chi connectivity index (χ0) is 10.9. The van der Waals surface area contributed by atoms with Crippen LogP contribution in [0.25, 0.3) is 0 Å². The third-order valence-electron chi connectivity index (χ3n) is 1.68. The summed E-state index contributed by atoms with van der Waals surface area (Å²) in [5, 5.41) is 18.5. The van der Waals surface area contributed by atoms with E-state index in [2.05, 4.69) is 0 Å². The lowest BCUT2D eigenvalue weighted by Crippen LogP contribution is -1.97. The van der Waals surface area contributed by atoms with Crippen LogP contribution in [0.2, 0.25) is 5.02 Å². The largest absolute Gasteiger partial charge is 0.506 e. The number of carbonyl (C=O) groups is 1. The maximum absolute atomic E-state index is 11.1. The Bertz CT molecular complexity index is 451. The zero-order valence-electron chi connectivity index (χ0n) is 7.14. The van der Waals surface area contributed by atoms with Crippen molar-refractivity contribution in [2.45, 2.75) is 6.92 Å². The lowest BCUT2D eigenvalue weighted by molar-refractivity contribution is 0.101. The van der Waals surface area contributed by atoms with Gasteiger partial charge in [-0.2, -0.15) is 5.26 Å². The highest BCUT2D eigenvalue weighted by Gasteiger charge is 2.16. The zero-order valence-corrected chi connectivity index (χ0v) is 10.0. The molecule has 0 heterocycles. The van der Waals surface area contributed by atoms with Crippen molar-refractivity contribution in [1.82, 2.24) is 0 Å². The lowest BCUT2D eigenvalue weighted by Gasteiger charge is -2.06. The third-order valence-corrected chi connectivity index (χ3v) is 3.03. The maximum atomic E-state index is 11.1. The van der Waals surface area contributed by atoms with E-state index >= 15 is 0 Å². The summed E-state index contributed by atoms with van der Waals surface area (Å²) >= 11 is 7.54. The van der Waals surface area contributed by atoms with Crippen LogP contribution >= 0.6 is 34.2 Å². The number of hydrogen-bond acceptors (Lipinski definition) is 3. The number of phenolic OH excluding ortho intramolecular Hbond substituents is 1. The van der Waals surface area contributed by atoms with Crippen molar-refractivity contribution < 1.29 is 9.90 Å². The van der Waals surface area contributed by atoms with Gasteiger partial charge in [-0.05, 0) is 35.6 Å². The molecule has 1 aromatic rings. The fourth-order valence-electron chi connectivity index (χ4n) is 0.980. The number of rotatable bonds is 1. The average molecular weight is 322 g/mol. The smallest absolute Gasteiger partial charge is 0.163 e. The van der Waals surface area contributed by atoms with Gasteiger partial charge >= 0.3 is 0 Å². The normalized spacial score (nSPS) is 9.57. The number of carbonyl (C=O) groups excluding carboxylic acids is 1. The van der Waals surface area contributed by atoms with Crippen molar-refractivity contribution in [3.63, 3.8) is 0 Å².